The average molecular weight is 289 g/mol. The first kappa shape index (κ1) is 13.9. The first-order chi connectivity index (χ1) is 7.48. The van der Waals surface area contributed by atoms with Crippen molar-refractivity contribution in [3.8, 4) is 0 Å². The molecule has 1 aromatic rings. The van der Waals surface area contributed by atoms with Crippen molar-refractivity contribution in [2.75, 3.05) is 0 Å². The minimum atomic E-state index is -5.75. The largest absolute Gasteiger partial charge is 0.501 e. The van der Waals surface area contributed by atoms with Crippen LogP contribution in [0.25, 0.3) is 0 Å². The summed E-state index contributed by atoms with van der Waals surface area (Å²) >= 11 is 0. The standard InChI is InChI=1S/C7H6F3NO4S2/c8-7(9,10)16(12,13)5-3-1-2-4-6(5)17(11,14)15/h1-4H,(H2,11,14,15). The normalized spacial score (nSPS) is 13.6. The highest BCUT2D eigenvalue weighted by Crippen LogP contribution is 2.33. The van der Waals surface area contributed by atoms with Crippen LogP contribution in [0, 0.1) is 0 Å². The SMILES string of the molecule is NS(=O)(=O)c1ccccc1S(=O)(=O)C(F)(F)F. The first-order valence-corrected chi connectivity index (χ1v) is 6.94. The maximum atomic E-state index is 12.3. The van der Waals surface area contributed by atoms with E-state index in [0.717, 1.165) is 12.1 Å². The molecule has 0 fully saturated rings. The highest BCUT2D eigenvalue weighted by atomic mass is 32.2. The van der Waals surface area contributed by atoms with Crippen LogP contribution in [0.3, 0.4) is 0 Å². The van der Waals surface area contributed by atoms with E-state index in [9.17, 15) is 30.0 Å². The molecule has 1 rings (SSSR count). The van der Waals surface area contributed by atoms with E-state index in [1.165, 1.54) is 0 Å². The molecule has 0 saturated heterocycles. The number of sulfonamides is 1. The van der Waals surface area contributed by atoms with E-state index in [1.54, 1.807) is 0 Å². The van der Waals surface area contributed by atoms with E-state index in [2.05, 4.69) is 5.14 Å². The van der Waals surface area contributed by atoms with Crippen LogP contribution in [0.2, 0.25) is 0 Å². The summed E-state index contributed by atoms with van der Waals surface area (Å²) in [5.41, 5.74) is -5.59. The molecule has 0 heterocycles. The van der Waals surface area contributed by atoms with E-state index in [1.807, 2.05) is 0 Å². The molecule has 10 heteroatoms. The van der Waals surface area contributed by atoms with Gasteiger partial charge in [-0.25, -0.2) is 22.0 Å². The Balaban J connectivity index is 3.67. The van der Waals surface area contributed by atoms with Crippen molar-refractivity contribution in [3.63, 3.8) is 0 Å². The smallest absolute Gasteiger partial charge is 0.225 e. The number of rotatable bonds is 2. The molecule has 5 nitrogen and oxygen atoms in total. The zero-order valence-corrected chi connectivity index (χ0v) is 9.60. The van der Waals surface area contributed by atoms with E-state index in [-0.39, 0.29) is 0 Å². The quantitative estimate of drug-likeness (QED) is 0.863. The minimum absolute atomic E-state index is 0.530. The van der Waals surface area contributed by atoms with Crippen molar-refractivity contribution in [1.29, 1.82) is 0 Å². The van der Waals surface area contributed by atoms with Crippen LogP contribution in [-0.4, -0.2) is 22.3 Å². The van der Waals surface area contributed by atoms with E-state index in [4.69, 9.17) is 0 Å². The van der Waals surface area contributed by atoms with Gasteiger partial charge in [0, 0.05) is 0 Å². The molecule has 2 N–H and O–H groups in total. The van der Waals surface area contributed by atoms with E-state index < -0.39 is 35.2 Å². The van der Waals surface area contributed by atoms with Crippen LogP contribution in [0.4, 0.5) is 13.2 Å². The van der Waals surface area contributed by atoms with Crippen molar-refractivity contribution < 1.29 is 30.0 Å². The number of sulfone groups is 1. The maximum Gasteiger partial charge on any atom is 0.501 e. The topological polar surface area (TPSA) is 94.3 Å². The second-order valence-corrected chi connectivity index (χ2v) is 6.38. The summed E-state index contributed by atoms with van der Waals surface area (Å²) in [5, 5.41) is 4.64. The van der Waals surface area contributed by atoms with Gasteiger partial charge in [-0.2, -0.15) is 13.2 Å². The van der Waals surface area contributed by atoms with Gasteiger partial charge in [0.15, 0.2) is 0 Å². The summed E-state index contributed by atoms with van der Waals surface area (Å²) in [6.45, 7) is 0. The van der Waals surface area contributed by atoms with Gasteiger partial charge in [0.05, 0.1) is 4.90 Å². The molecule has 0 unspecified atom stereocenters. The highest BCUT2D eigenvalue weighted by molar-refractivity contribution is 7.94. The molecule has 0 aromatic heterocycles. The van der Waals surface area contributed by atoms with Crippen molar-refractivity contribution in [1.82, 2.24) is 0 Å². The molecule has 0 spiro atoms. The van der Waals surface area contributed by atoms with Crippen LogP contribution < -0.4 is 5.14 Å². The Morgan fingerprint density at radius 2 is 1.35 bits per heavy atom. The van der Waals surface area contributed by atoms with Crippen LogP contribution in [0.15, 0.2) is 34.1 Å². The van der Waals surface area contributed by atoms with Gasteiger partial charge >= 0.3 is 5.51 Å². The second-order valence-electron chi connectivity index (χ2n) is 2.94. The fourth-order valence-electron chi connectivity index (χ4n) is 1.03. The number of hydrogen-bond acceptors (Lipinski definition) is 4. The van der Waals surface area contributed by atoms with Gasteiger partial charge in [0.1, 0.15) is 4.90 Å². The molecule has 0 radical (unpaired) electrons. The van der Waals surface area contributed by atoms with Crippen LogP contribution in [-0.2, 0) is 19.9 Å². The molecule has 0 aliphatic carbocycles. The Kier molecular flexibility index (Phi) is 3.25. The number of benzene rings is 1. The number of nitrogens with two attached hydrogens (primary N) is 1. The van der Waals surface area contributed by atoms with Gasteiger partial charge in [-0.1, -0.05) is 12.1 Å². The van der Waals surface area contributed by atoms with Gasteiger partial charge in [-0.05, 0) is 12.1 Å². The van der Waals surface area contributed by atoms with Gasteiger partial charge in [0.2, 0.25) is 10.0 Å². The zero-order valence-electron chi connectivity index (χ0n) is 7.97. The lowest BCUT2D eigenvalue weighted by molar-refractivity contribution is -0.0437. The fourth-order valence-corrected chi connectivity index (χ4v) is 3.17. The molecule has 0 aliphatic heterocycles. The summed E-state index contributed by atoms with van der Waals surface area (Å²) in [5.74, 6) is 0. The van der Waals surface area contributed by atoms with Crippen molar-refractivity contribution >= 4 is 19.9 Å². The third kappa shape index (κ3) is 2.58. The number of halogens is 3. The minimum Gasteiger partial charge on any atom is -0.225 e. The van der Waals surface area contributed by atoms with Crippen molar-refractivity contribution in [2.24, 2.45) is 5.14 Å². The van der Waals surface area contributed by atoms with E-state index in [0.29, 0.717) is 12.1 Å². The Bertz CT molecular complexity index is 633. The van der Waals surface area contributed by atoms with Crippen LogP contribution in [0.5, 0.6) is 0 Å². The third-order valence-electron chi connectivity index (χ3n) is 1.75. The van der Waals surface area contributed by atoms with Gasteiger partial charge in [0.25, 0.3) is 9.84 Å². The fraction of sp³-hybridized carbons (Fsp3) is 0.143. The van der Waals surface area contributed by atoms with Gasteiger partial charge in [-0.15, -0.1) is 0 Å². The van der Waals surface area contributed by atoms with E-state index >= 15 is 0 Å². The first-order valence-electron chi connectivity index (χ1n) is 3.91. The lowest BCUT2D eigenvalue weighted by Crippen LogP contribution is -2.26. The molecule has 0 atom stereocenters. The Morgan fingerprint density at radius 1 is 0.941 bits per heavy atom. The molecular formula is C7H6F3NO4S2. The molecule has 0 aliphatic rings. The summed E-state index contributed by atoms with van der Waals surface area (Å²) < 4.78 is 80.9. The Hall–Kier alpha value is -1.13. The Morgan fingerprint density at radius 3 is 1.71 bits per heavy atom. The number of alkyl halides is 3. The maximum absolute atomic E-state index is 12.3. The molecule has 0 bridgehead atoms. The second kappa shape index (κ2) is 3.96. The molecule has 1 aromatic carbocycles. The zero-order chi connectivity index (χ0) is 13.5. The van der Waals surface area contributed by atoms with Crippen molar-refractivity contribution in [3.05, 3.63) is 24.3 Å². The number of hydrogen-bond donors (Lipinski definition) is 1. The monoisotopic (exact) mass is 289 g/mol. The third-order valence-corrected chi connectivity index (χ3v) is 4.39. The highest BCUT2D eigenvalue weighted by Gasteiger charge is 2.48. The molecule has 17 heavy (non-hydrogen) atoms. The van der Waals surface area contributed by atoms with Crippen LogP contribution >= 0.6 is 0 Å². The van der Waals surface area contributed by atoms with Gasteiger partial charge in [-0.3, -0.25) is 0 Å². The van der Waals surface area contributed by atoms with Gasteiger partial charge < -0.3 is 0 Å². The molecule has 0 saturated carbocycles. The predicted molar refractivity (Wildman–Crippen MR) is 51.1 cm³/mol. The Labute approximate surface area is 95.0 Å². The average Bonchev–Trinajstić information content (AvgIpc) is 2.14. The predicted octanol–water partition coefficient (Wildman–Crippen LogP) is 0.628. The lowest BCUT2D eigenvalue weighted by Gasteiger charge is -2.10. The summed E-state index contributed by atoms with van der Waals surface area (Å²) in [6.07, 6.45) is 0. The lowest BCUT2D eigenvalue weighted by atomic mass is 10.4. The summed E-state index contributed by atoms with van der Waals surface area (Å²) in [7, 11) is -10.3. The molecule has 0 amide bonds. The molecular weight excluding hydrogens is 283 g/mol. The van der Waals surface area contributed by atoms with Crippen molar-refractivity contribution in [2.45, 2.75) is 15.3 Å². The summed E-state index contributed by atoms with van der Waals surface area (Å²) in [4.78, 5) is -2.47. The summed E-state index contributed by atoms with van der Waals surface area (Å²) in [6, 6.07) is 3.25. The number of primary sulfonamides is 1. The molecule has 96 valence electrons. The van der Waals surface area contributed by atoms with Crippen LogP contribution in [0.1, 0.15) is 0 Å².